The zero-order chi connectivity index (χ0) is 15.4. The molecule has 0 saturated heterocycles. The summed E-state index contributed by atoms with van der Waals surface area (Å²) in [6.45, 7) is 0.243. The Morgan fingerprint density at radius 3 is 3.10 bits per heavy atom. The second-order valence-corrected chi connectivity index (χ2v) is 6.63. The highest BCUT2D eigenvalue weighted by Crippen LogP contribution is 2.14. The van der Waals surface area contributed by atoms with Gasteiger partial charge in [0.15, 0.2) is 0 Å². The molecule has 0 radical (unpaired) electrons. The summed E-state index contributed by atoms with van der Waals surface area (Å²) in [5.41, 5.74) is 6.36. The first-order valence-corrected chi connectivity index (χ1v) is 8.76. The average Bonchev–Trinajstić information content (AvgIpc) is 2.92. The first kappa shape index (κ1) is 16.0. The Kier molecular flexibility index (Phi) is 5.38. The summed E-state index contributed by atoms with van der Waals surface area (Å²) in [5, 5.41) is 1.82. The summed E-state index contributed by atoms with van der Waals surface area (Å²) in [7, 11) is 1.67. The van der Waals surface area contributed by atoms with Gasteiger partial charge in [-0.25, -0.2) is 4.98 Å². The van der Waals surface area contributed by atoms with E-state index >= 15 is 0 Å². The van der Waals surface area contributed by atoms with Crippen molar-refractivity contribution in [3.8, 4) is 0 Å². The van der Waals surface area contributed by atoms with Gasteiger partial charge in [0.05, 0.1) is 18.1 Å². The number of likely N-dealkylation sites (N-methyl/N-ethyl adjacent to an activating group) is 1. The first-order chi connectivity index (χ1) is 10.0. The van der Waals surface area contributed by atoms with Crippen molar-refractivity contribution < 1.29 is 4.79 Å². The monoisotopic (exact) mass is 326 g/mol. The van der Waals surface area contributed by atoms with Gasteiger partial charge in [-0.2, -0.15) is 11.8 Å². The van der Waals surface area contributed by atoms with Gasteiger partial charge in [-0.3, -0.25) is 9.59 Å². The minimum Gasteiger partial charge on any atom is -0.337 e. The van der Waals surface area contributed by atoms with Crippen LogP contribution in [-0.2, 0) is 11.3 Å². The SMILES string of the molecule is CSCC[C@H](N)C(=O)N(C)Cc1nc2ccsc2c(=O)[nH]1. The molecule has 0 bridgehead atoms. The molecule has 2 rings (SSSR count). The van der Waals surface area contributed by atoms with Gasteiger partial charge in [0.1, 0.15) is 10.5 Å². The maximum Gasteiger partial charge on any atom is 0.268 e. The number of thiophene rings is 1. The number of nitrogens with two attached hydrogens (primary N) is 1. The van der Waals surface area contributed by atoms with Crippen molar-refractivity contribution >= 4 is 39.2 Å². The van der Waals surface area contributed by atoms with E-state index in [4.69, 9.17) is 5.73 Å². The number of nitrogens with one attached hydrogen (secondary N) is 1. The highest BCUT2D eigenvalue weighted by atomic mass is 32.2. The third-order valence-electron chi connectivity index (χ3n) is 3.08. The van der Waals surface area contributed by atoms with Gasteiger partial charge in [0.2, 0.25) is 5.91 Å². The second kappa shape index (κ2) is 7.06. The molecule has 2 aromatic heterocycles. The topological polar surface area (TPSA) is 92.1 Å². The standard InChI is InChI=1S/C13H18N4O2S2/c1-17(13(19)8(14)3-5-20-2)7-10-15-9-4-6-21-11(9)12(18)16-10/h4,6,8H,3,5,7,14H2,1-2H3,(H,15,16,18)/t8-/m0/s1. The number of thioether (sulfide) groups is 1. The van der Waals surface area contributed by atoms with Crippen LogP contribution in [0.2, 0.25) is 0 Å². The highest BCUT2D eigenvalue weighted by Gasteiger charge is 2.18. The molecule has 1 amide bonds. The Morgan fingerprint density at radius 1 is 1.62 bits per heavy atom. The number of aromatic amines is 1. The Bertz CT molecular complexity index is 682. The van der Waals surface area contributed by atoms with E-state index in [1.54, 1.807) is 24.9 Å². The fourth-order valence-corrected chi connectivity index (χ4v) is 3.17. The van der Waals surface area contributed by atoms with Gasteiger partial charge < -0.3 is 15.6 Å². The normalized spacial score (nSPS) is 12.5. The Hall–Kier alpha value is -1.38. The van der Waals surface area contributed by atoms with Crippen molar-refractivity contribution in [2.24, 2.45) is 5.73 Å². The summed E-state index contributed by atoms with van der Waals surface area (Å²) in [4.78, 5) is 32.6. The molecule has 0 fully saturated rings. The average molecular weight is 326 g/mol. The number of nitrogens with zero attached hydrogens (tertiary/aromatic N) is 2. The molecule has 0 spiro atoms. The fourth-order valence-electron chi connectivity index (χ4n) is 1.95. The molecule has 114 valence electrons. The Morgan fingerprint density at radius 2 is 2.38 bits per heavy atom. The lowest BCUT2D eigenvalue weighted by Crippen LogP contribution is -2.42. The van der Waals surface area contributed by atoms with Crippen LogP contribution in [0.1, 0.15) is 12.2 Å². The largest absolute Gasteiger partial charge is 0.337 e. The molecule has 21 heavy (non-hydrogen) atoms. The van der Waals surface area contributed by atoms with Gasteiger partial charge in [0.25, 0.3) is 5.56 Å². The molecular weight excluding hydrogens is 308 g/mol. The summed E-state index contributed by atoms with van der Waals surface area (Å²) < 4.78 is 0.601. The van der Waals surface area contributed by atoms with Crippen LogP contribution in [0, 0.1) is 0 Å². The lowest BCUT2D eigenvalue weighted by molar-refractivity contribution is -0.131. The molecule has 0 aliphatic heterocycles. The molecule has 0 saturated carbocycles. The minimum absolute atomic E-state index is 0.142. The van der Waals surface area contributed by atoms with E-state index in [0.717, 1.165) is 5.75 Å². The van der Waals surface area contributed by atoms with Crippen molar-refractivity contribution in [1.82, 2.24) is 14.9 Å². The van der Waals surface area contributed by atoms with E-state index in [1.165, 1.54) is 16.2 Å². The molecule has 6 nitrogen and oxygen atoms in total. The number of aromatic nitrogens is 2. The zero-order valence-corrected chi connectivity index (χ0v) is 13.6. The smallest absolute Gasteiger partial charge is 0.268 e. The van der Waals surface area contributed by atoms with E-state index < -0.39 is 6.04 Å². The van der Waals surface area contributed by atoms with Crippen LogP contribution >= 0.6 is 23.1 Å². The number of H-pyrrole nitrogens is 1. The number of amides is 1. The Balaban J connectivity index is 2.08. The third kappa shape index (κ3) is 3.84. The van der Waals surface area contributed by atoms with E-state index in [2.05, 4.69) is 9.97 Å². The predicted molar refractivity (Wildman–Crippen MR) is 87.7 cm³/mol. The number of rotatable bonds is 6. The summed E-state index contributed by atoms with van der Waals surface area (Å²) in [6.07, 6.45) is 2.61. The zero-order valence-electron chi connectivity index (χ0n) is 12.0. The van der Waals surface area contributed by atoms with Crippen molar-refractivity contribution in [2.45, 2.75) is 19.0 Å². The number of carbonyl (C=O) groups is 1. The molecule has 8 heteroatoms. The minimum atomic E-state index is -0.515. The van der Waals surface area contributed by atoms with Gasteiger partial charge >= 0.3 is 0 Å². The maximum atomic E-state index is 12.1. The quantitative estimate of drug-likeness (QED) is 0.827. The number of fused-ring (bicyclic) bond motifs is 1. The van der Waals surface area contributed by atoms with Crippen LogP contribution in [0.25, 0.3) is 10.2 Å². The highest BCUT2D eigenvalue weighted by molar-refractivity contribution is 7.98. The second-order valence-electron chi connectivity index (χ2n) is 4.73. The van der Waals surface area contributed by atoms with E-state index in [0.29, 0.717) is 22.5 Å². The molecule has 0 unspecified atom stereocenters. The van der Waals surface area contributed by atoms with Crippen molar-refractivity contribution in [3.05, 3.63) is 27.6 Å². The fraction of sp³-hybridized carbons (Fsp3) is 0.462. The molecule has 1 atom stereocenters. The predicted octanol–water partition coefficient (Wildman–Crippen LogP) is 1.02. The van der Waals surface area contributed by atoms with Crippen LogP contribution in [0.5, 0.6) is 0 Å². The number of hydrogen-bond acceptors (Lipinski definition) is 6. The molecule has 3 N–H and O–H groups in total. The summed E-state index contributed by atoms with van der Waals surface area (Å²) in [6, 6.07) is 1.28. The lowest BCUT2D eigenvalue weighted by atomic mass is 10.2. The van der Waals surface area contributed by atoms with E-state index in [-0.39, 0.29) is 18.0 Å². The third-order valence-corrected chi connectivity index (χ3v) is 4.62. The molecule has 0 aromatic carbocycles. The molecule has 0 aliphatic carbocycles. The molecule has 2 heterocycles. The van der Waals surface area contributed by atoms with Gasteiger partial charge in [-0.15, -0.1) is 11.3 Å². The van der Waals surface area contributed by atoms with Gasteiger partial charge in [-0.1, -0.05) is 0 Å². The van der Waals surface area contributed by atoms with Gasteiger partial charge in [0, 0.05) is 7.05 Å². The van der Waals surface area contributed by atoms with Crippen LogP contribution in [-0.4, -0.2) is 45.9 Å². The van der Waals surface area contributed by atoms with Crippen LogP contribution in [0.3, 0.4) is 0 Å². The summed E-state index contributed by atoms with van der Waals surface area (Å²) in [5.74, 6) is 1.17. The number of carbonyl (C=O) groups excluding carboxylic acids is 1. The first-order valence-electron chi connectivity index (χ1n) is 6.49. The molecule has 2 aromatic rings. The Labute approximate surface area is 130 Å². The number of hydrogen-bond donors (Lipinski definition) is 2. The van der Waals surface area contributed by atoms with Crippen LogP contribution < -0.4 is 11.3 Å². The van der Waals surface area contributed by atoms with Gasteiger partial charge in [-0.05, 0) is 29.9 Å². The van der Waals surface area contributed by atoms with Crippen molar-refractivity contribution in [2.75, 3.05) is 19.1 Å². The van der Waals surface area contributed by atoms with E-state index in [9.17, 15) is 9.59 Å². The summed E-state index contributed by atoms with van der Waals surface area (Å²) >= 11 is 3.01. The lowest BCUT2D eigenvalue weighted by Gasteiger charge is -2.20. The van der Waals surface area contributed by atoms with Crippen LogP contribution in [0.15, 0.2) is 16.2 Å². The van der Waals surface area contributed by atoms with Crippen molar-refractivity contribution in [3.63, 3.8) is 0 Å². The molecular formula is C13H18N4O2S2. The van der Waals surface area contributed by atoms with Crippen LogP contribution in [0.4, 0.5) is 0 Å². The maximum absolute atomic E-state index is 12.1. The molecule has 0 aliphatic rings. The van der Waals surface area contributed by atoms with Crippen molar-refractivity contribution in [1.29, 1.82) is 0 Å². The van der Waals surface area contributed by atoms with E-state index in [1.807, 2.05) is 11.6 Å².